The van der Waals surface area contributed by atoms with E-state index in [1.807, 2.05) is 18.2 Å². The number of benzene rings is 1. The lowest BCUT2D eigenvalue weighted by molar-refractivity contribution is 0.363. The summed E-state index contributed by atoms with van der Waals surface area (Å²) in [6.45, 7) is -3.72. The number of anilines is 1. The van der Waals surface area contributed by atoms with Crippen molar-refractivity contribution in [1.82, 2.24) is 0 Å². The highest BCUT2D eigenvalue weighted by Crippen LogP contribution is 2.30. The van der Waals surface area contributed by atoms with Gasteiger partial charge in [0.1, 0.15) is 0 Å². The van der Waals surface area contributed by atoms with E-state index in [0.717, 1.165) is 5.69 Å². The molecule has 0 aliphatic carbocycles. The zero-order valence-corrected chi connectivity index (χ0v) is 7.91. The zero-order chi connectivity index (χ0) is 9.03. The van der Waals surface area contributed by atoms with Crippen LogP contribution in [0.5, 0.6) is 0 Å². The van der Waals surface area contributed by atoms with Crippen molar-refractivity contribution in [1.29, 1.82) is 0 Å². The highest BCUT2D eigenvalue weighted by atomic mass is 32.5. The molecule has 0 fully saturated rings. The van der Waals surface area contributed by atoms with Crippen LogP contribution in [-0.4, -0.2) is 14.7 Å². The number of hydrogen-bond acceptors (Lipinski definition) is 0. The molecule has 0 heterocycles. The molecule has 0 atom stereocenters. The van der Waals surface area contributed by atoms with Gasteiger partial charge >= 0.3 is 0 Å². The lowest BCUT2D eigenvalue weighted by Crippen LogP contribution is -1.91. The number of para-hydroxylation sites is 1. The van der Waals surface area contributed by atoms with E-state index in [0.29, 0.717) is 0 Å². The van der Waals surface area contributed by atoms with E-state index in [-0.39, 0.29) is 11.1 Å². The molecule has 1 aromatic carbocycles. The molecule has 0 aliphatic rings. The summed E-state index contributed by atoms with van der Waals surface area (Å²) in [5, 5.41) is 0. The smallest absolute Gasteiger partial charge is 0.292 e. The predicted octanol–water partition coefficient (Wildman–Crippen LogP) is 0.483. The Morgan fingerprint density at radius 2 is 1.67 bits per heavy atom. The first-order chi connectivity index (χ1) is 5.58. The largest absolute Gasteiger partial charge is 0.333 e. The van der Waals surface area contributed by atoms with Gasteiger partial charge in [0.2, 0.25) is 0 Å². The molecule has 1 aromatic rings. The third-order valence-corrected chi connectivity index (χ3v) is 2.82. The maximum Gasteiger partial charge on any atom is 0.292 e. The van der Waals surface area contributed by atoms with Gasteiger partial charge in [-0.15, -0.1) is 0 Å². The molecule has 0 aliphatic heterocycles. The van der Waals surface area contributed by atoms with Crippen molar-refractivity contribution >= 4 is 23.5 Å². The quantitative estimate of drug-likeness (QED) is 0.361. The van der Waals surface area contributed by atoms with Crippen LogP contribution in [0.1, 0.15) is 0 Å². The summed E-state index contributed by atoms with van der Waals surface area (Å²) in [4.78, 5) is 25.9. The number of hydrogen-bond donors (Lipinski definition) is 5. The summed E-state index contributed by atoms with van der Waals surface area (Å²) in [5.74, 6) is 0. The summed E-state index contributed by atoms with van der Waals surface area (Å²) >= 11 is 0.0306. The van der Waals surface area contributed by atoms with Crippen LogP contribution in [0.4, 0.5) is 5.69 Å². The molecule has 4 nitrogen and oxygen atoms in total. The highest BCUT2D eigenvalue weighted by molar-refractivity contribution is 8.17. The first-order valence-corrected chi connectivity index (χ1v) is 6.43. The van der Waals surface area contributed by atoms with Crippen LogP contribution in [0, 0.1) is 0 Å². The van der Waals surface area contributed by atoms with Crippen LogP contribution < -0.4 is 4.72 Å². The SMILES string of the molecule is OP(O)(O)=[SH]Nc1ccccc1. The van der Waals surface area contributed by atoms with E-state index in [9.17, 15) is 0 Å². The number of rotatable bonds is 2. The maximum atomic E-state index is 8.63. The minimum atomic E-state index is -3.72. The van der Waals surface area contributed by atoms with Gasteiger partial charge in [0.05, 0.1) is 0 Å². The Labute approximate surface area is 73.8 Å². The molecule has 12 heavy (non-hydrogen) atoms. The average Bonchev–Trinajstić information content (AvgIpc) is 2.02. The molecular formula is C6H10NO3PS. The molecular weight excluding hydrogens is 197 g/mol. The van der Waals surface area contributed by atoms with Crippen LogP contribution in [0.3, 0.4) is 0 Å². The Kier molecular flexibility index (Phi) is 3.31. The molecule has 0 saturated heterocycles. The summed E-state index contributed by atoms with van der Waals surface area (Å²) < 4.78 is 2.66. The van der Waals surface area contributed by atoms with Gasteiger partial charge in [-0.1, -0.05) is 18.2 Å². The second kappa shape index (κ2) is 4.07. The molecule has 4 N–H and O–H groups in total. The molecule has 0 saturated carbocycles. The Hall–Kier alpha value is -0.320. The van der Waals surface area contributed by atoms with E-state index < -0.39 is 6.72 Å². The molecule has 68 valence electrons. The average molecular weight is 207 g/mol. The minimum absolute atomic E-state index is 0.0306. The third kappa shape index (κ3) is 3.90. The van der Waals surface area contributed by atoms with Crippen LogP contribution >= 0.6 is 6.72 Å². The van der Waals surface area contributed by atoms with E-state index in [4.69, 9.17) is 14.7 Å². The maximum absolute atomic E-state index is 8.63. The summed E-state index contributed by atoms with van der Waals surface area (Å²) in [5.41, 5.74) is 0.737. The molecule has 0 radical (unpaired) electrons. The lowest BCUT2D eigenvalue weighted by Gasteiger charge is -2.04. The summed E-state index contributed by atoms with van der Waals surface area (Å²) in [6, 6.07) is 9.00. The molecule has 0 spiro atoms. The van der Waals surface area contributed by atoms with Gasteiger partial charge in [0.15, 0.2) is 0 Å². The topological polar surface area (TPSA) is 72.7 Å². The fourth-order valence-corrected chi connectivity index (χ4v) is 1.79. The van der Waals surface area contributed by atoms with Gasteiger partial charge in [0, 0.05) is 5.69 Å². The standard InChI is InChI=1S/C6H10NO3PS/c8-11(9,10)12-7-6-4-2-1-3-5-6/h1-5,7-10,12H. The van der Waals surface area contributed by atoms with E-state index >= 15 is 0 Å². The predicted molar refractivity (Wildman–Crippen MR) is 52.4 cm³/mol. The van der Waals surface area contributed by atoms with Gasteiger partial charge in [0.25, 0.3) is 6.72 Å². The number of thiol groups is 1. The van der Waals surface area contributed by atoms with Crippen LogP contribution in [0.15, 0.2) is 30.3 Å². The molecule has 0 unspecified atom stereocenters. The van der Waals surface area contributed by atoms with Crippen molar-refractivity contribution in [3.8, 4) is 0 Å². The Morgan fingerprint density at radius 1 is 1.08 bits per heavy atom. The van der Waals surface area contributed by atoms with E-state index in [1.54, 1.807) is 12.1 Å². The second-order valence-corrected chi connectivity index (χ2v) is 5.82. The molecule has 0 aromatic heterocycles. The van der Waals surface area contributed by atoms with Crippen LogP contribution in [0.25, 0.3) is 0 Å². The van der Waals surface area contributed by atoms with Gasteiger partial charge in [-0.05, 0) is 23.3 Å². The van der Waals surface area contributed by atoms with E-state index in [2.05, 4.69) is 4.72 Å². The minimum Gasteiger partial charge on any atom is -0.333 e. The summed E-state index contributed by atoms with van der Waals surface area (Å²) in [6.07, 6.45) is 0. The molecule has 0 bridgehead atoms. The molecule has 6 heteroatoms. The first kappa shape index (κ1) is 9.77. The van der Waals surface area contributed by atoms with E-state index in [1.165, 1.54) is 0 Å². The second-order valence-electron chi connectivity index (χ2n) is 2.11. The fourth-order valence-electron chi connectivity index (χ4n) is 0.638. The van der Waals surface area contributed by atoms with Crippen molar-refractivity contribution < 1.29 is 14.7 Å². The van der Waals surface area contributed by atoms with Crippen molar-refractivity contribution in [3.63, 3.8) is 0 Å². The molecule has 0 amide bonds. The molecule has 1 rings (SSSR count). The Bertz CT molecular complexity index is 289. The summed E-state index contributed by atoms with van der Waals surface area (Å²) in [7, 11) is 0. The normalized spacial score (nSPS) is 11.2. The monoisotopic (exact) mass is 207 g/mol. The highest BCUT2D eigenvalue weighted by Gasteiger charge is 1.98. The van der Waals surface area contributed by atoms with Crippen LogP contribution in [0.2, 0.25) is 0 Å². The Balaban J connectivity index is 2.67. The first-order valence-electron chi connectivity index (χ1n) is 3.18. The van der Waals surface area contributed by atoms with Crippen molar-refractivity contribution in [2.24, 2.45) is 0 Å². The van der Waals surface area contributed by atoms with Crippen molar-refractivity contribution in [3.05, 3.63) is 30.3 Å². The fraction of sp³-hybridized carbons (Fsp3) is 0. The number of nitrogens with one attached hydrogen (secondary N) is 1. The third-order valence-electron chi connectivity index (χ3n) is 1.09. The van der Waals surface area contributed by atoms with Gasteiger partial charge in [-0.3, -0.25) is 0 Å². The van der Waals surface area contributed by atoms with Gasteiger partial charge < -0.3 is 19.4 Å². The Morgan fingerprint density at radius 3 is 2.17 bits per heavy atom. The van der Waals surface area contributed by atoms with Crippen molar-refractivity contribution in [2.75, 3.05) is 4.72 Å². The van der Waals surface area contributed by atoms with Gasteiger partial charge in [-0.2, -0.15) is 0 Å². The van der Waals surface area contributed by atoms with Crippen LogP contribution in [-0.2, 0) is 11.1 Å². The van der Waals surface area contributed by atoms with Crippen molar-refractivity contribution in [2.45, 2.75) is 0 Å². The lowest BCUT2D eigenvalue weighted by atomic mass is 10.3. The zero-order valence-electron chi connectivity index (χ0n) is 6.12. The van der Waals surface area contributed by atoms with Gasteiger partial charge in [-0.25, -0.2) is 0 Å².